The summed E-state index contributed by atoms with van der Waals surface area (Å²) in [5.74, 6) is -2.02. The average molecular weight is 255 g/mol. The number of aliphatic hydroxyl groups excluding tert-OH is 1. The van der Waals surface area contributed by atoms with E-state index in [4.69, 9.17) is 5.11 Å². The number of carbonyl (C=O) groups excluding carboxylic acids is 1. The van der Waals surface area contributed by atoms with Crippen LogP contribution >= 0.6 is 0 Å². The molecule has 1 aromatic carbocycles. The zero-order valence-corrected chi connectivity index (χ0v) is 9.88. The van der Waals surface area contributed by atoms with E-state index in [-0.39, 0.29) is 17.6 Å². The Hall–Kier alpha value is -1.49. The molecule has 0 bridgehead atoms. The van der Waals surface area contributed by atoms with Crippen LogP contribution in [0.1, 0.15) is 29.6 Å². The molecule has 1 fully saturated rings. The molecule has 2 rings (SSSR count). The number of hydrogen-bond acceptors (Lipinski definition) is 2. The molecule has 0 atom stereocenters. The Balaban J connectivity index is 1.95. The molecule has 0 spiro atoms. The van der Waals surface area contributed by atoms with Crippen LogP contribution in [0.15, 0.2) is 18.2 Å². The van der Waals surface area contributed by atoms with Crippen molar-refractivity contribution in [3.8, 4) is 0 Å². The minimum atomic E-state index is -0.767. The van der Waals surface area contributed by atoms with E-state index in [1.807, 2.05) is 0 Å². The molecule has 0 unspecified atom stereocenters. The van der Waals surface area contributed by atoms with Crippen molar-refractivity contribution in [3.63, 3.8) is 0 Å². The SMILES string of the molecule is O=C(NCC1(CCO)CC1)c1cc(F)cc(F)c1. The van der Waals surface area contributed by atoms with E-state index in [0.29, 0.717) is 13.0 Å². The Bertz CT molecular complexity index is 438. The van der Waals surface area contributed by atoms with Gasteiger partial charge in [0.1, 0.15) is 11.6 Å². The van der Waals surface area contributed by atoms with Crippen LogP contribution in [0.5, 0.6) is 0 Å². The van der Waals surface area contributed by atoms with Gasteiger partial charge in [-0.15, -0.1) is 0 Å². The van der Waals surface area contributed by atoms with E-state index in [0.717, 1.165) is 31.0 Å². The maximum atomic E-state index is 12.9. The van der Waals surface area contributed by atoms with Crippen molar-refractivity contribution in [1.82, 2.24) is 5.32 Å². The summed E-state index contributed by atoms with van der Waals surface area (Å²) >= 11 is 0. The van der Waals surface area contributed by atoms with Crippen LogP contribution in [0.3, 0.4) is 0 Å². The minimum Gasteiger partial charge on any atom is -0.396 e. The Morgan fingerprint density at radius 1 is 1.28 bits per heavy atom. The summed E-state index contributed by atoms with van der Waals surface area (Å²) in [5, 5.41) is 11.5. The number of amides is 1. The van der Waals surface area contributed by atoms with E-state index < -0.39 is 17.5 Å². The van der Waals surface area contributed by atoms with Crippen molar-refractivity contribution in [3.05, 3.63) is 35.4 Å². The van der Waals surface area contributed by atoms with E-state index in [9.17, 15) is 13.6 Å². The molecule has 2 N–H and O–H groups in total. The van der Waals surface area contributed by atoms with Crippen LogP contribution in [0.25, 0.3) is 0 Å². The van der Waals surface area contributed by atoms with Gasteiger partial charge in [0.25, 0.3) is 5.91 Å². The fraction of sp³-hybridized carbons (Fsp3) is 0.462. The molecule has 1 saturated carbocycles. The van der Waals surface area contributed by atoms with Gasteiger partial charge in [-0.05, 0) is 36.8 Å². The summed E-state index contributed by atoms with van der Waals surface area (Å²) in [4.78, 5) is 11.7. The van der Waals surface area contributed by atoms with Gasteiger partial charge in [0, 0.05) is 24.8 Å². The van der Waals surface area contributed by atoms with Gasteiger partial charge in [-0.25, -0.2) is 8.78 Å². The molecule has 1 amide bonds. The summed E-state index contributed by atoms with van der Waals surface area (Å²) in [6.45, 7) is 0.523. The van der Waals surface area contributed by atoms with Gasteiger partial charge in [-0.3, -0.25) is 4.79 Å². The second-order valence-corrected chi connectivity index (χ2v) is 4.81. The third kappa shape index (κ3) is 3.04. The van der Waals surface area contributed by atoms with E-state index >= 15 is 0 Å². The van der Waals surface area contributed by atoms with Crippen molar-refractivity contribution in [2.75, 3.05) is 13.2 Å². The van der Waals surface area contributed by atoms with Crippen molar-refractivity contribution in [1.29, 1.82) is 0 Å². The molecule has 0 saturated heterocycles. The first-order valence-corrected chi connectivity index (χ1v) is 5.90. The molecule has 0 radical (unpaired) electrons. The van der Waals surface area contributed by atoms with E-state index in [2.05, 4.69) is 5.32 Å². The van der Waals surface area contributed by atoms with Gasteiger partial charge in [-0.2, -0.15) is 0 Å². The molecule has 5 heteroatoms. The standard InChI is InChI=1S/C13H15F2NO2/c14-10-5-9(6-11(15)7-10)12(18)16-8-13(1-2-13)3-4-17/h5-7,17H,1-4,8H2,(H,16,18). The molecule has 0 aliphatic heterocycles. The van der Waals surface area contributed by atoms with Gasteiger partial charge in [0.05, 0.1) is 0 Å². The topological polar surface area (TPSA) is 49.3 Å². The first-order chi connectivity index (χ1) is 8.54. The van der Waals surface area contributed by atoms with Crippen LogP contribution in [0, 0.1) is 17.0 Å². The first kappa shape index (κ1) is 13.0. The Morgan fingerprint density at radius 3 is 2.39 bits per heavy atom. The second kappa shape index (κ2) is 5.02. The van der Waals surface area contributed by atoms with Gasteiger partial charge in [0.2, 0.25) is 0 Å². The third-order valence-corrected chi connectivity index (χ3v) is 3.35. The van der Waals surface area contributed by atoms with Crippen LogP contribution < -0.4 is 5.32 Å². The molecule has 1 aliphatic rings. The zero-order valence-electron chi connectivity index (χ0n) is 9.88. The molecule has 18 heavy (non-hydrogen) atoms. The maximum Gasteiger partial charge on any atom is 0.251 e. The predicted octanol–water partition coefficient (Wildman–Crippen LogP) is 1.86. The highest BCUT2D eigenvalue weighted by atomic mass is 19.1. The summed E-state index contributed by atoms with van der Waals surface area (Å²) in [5.41, 5.74) is -0.0386. The molecule has 3 nitrogen and oxygen atoms in total. The van der Waals surface area contributed by atoms with Crippen LogP contribution in [-0.2, 0) is 0 Å². The number of nitrogens with one attached hydrogen (secondary N) is 1. The summed E-state index contributed by atoms with van der Waals surface area (Å²) < 4.78 is 25.9. The van der Waals surface area contributed by atoms with Crippen molar-refractivity contribution >= 4 is 5.91 Å². The van der Waals surface area contributed by atoms with Gasteiger partial charge in [-0.1, -0.05) is 0 Å². The van der Waals surface area contributed by atoms with Crippen LogP contribution in [-0.4, -0.2) is 24.2 Å². The maximum absolute atomic E-state index is 12.9. The highest BCUT2D eigenvalue weighted by molar-refractivity contribution is 5.94. The van der Waals surface area contributed by atoms with Gasteiger partial charge < -0.3 is 10.4 Å². The number of carbonyl (C=O) groups is 1. The molecular formula is C13H15F2NO2. The fourth-order valence-electron chi connectivity index (χ4n) is 1.98. The van der Waals surface area contributed by atoms with Crippen molar-refractivity contribution in [2.24, 2.45) is 5.41 Å². The predicted molar refractivity (Wildman–Crippen MR) is 62.1 cm³/mol. The Kier molecular flexibility index (Phi) is 3.61. The van der Waals surface area contributed by atoms with Crippen molar-refractivity contribution in [2.45, 2.75) is 19.3 Å². The lowest BCUT2D eigenvalue weighted by molar-refractivity contribution is 0.0940. The molecule has 0 heterocycles. The monoisotopic (exact) mass is 255 g/mol. The highest BCUT2D eigenvalue weighted by Gasteiger charge is 2.41. The van der Waals surface area contributed by atoms with E-state index in [1.165, 1.54) is 0 Å². The normalized spacial score (nSPS) is 16.4. The van der Waals surface area contributed by atoms with E-state index in [1.54, 1.807) is 0 Å². The Labute approximate surface area is 104 Å². The number of rotatable bonds is 5. The number of aliphatic hydroxyl groups is 1. The summed E-state index contributed by atoms with van der Waals surface area (Å²) in [6.07, 6.45) is 2.57. The second-order valence-electron chi connectivity index (χ2n) is 4.81. The number of halogens is 2. The minimum absolute atomic E-state index is 0.0176. The molecular weight excluding hydrogens is 240 g/mol. The quantitative estimate of drug-likeness (QED) is 0.843. The molecule has 98 valence electrons. The lowest BCUT2D eigenvalue weighted by Gasteiger charge is -2.14. The van der Waals surface area contributed by atoms with Crippen molar-refractivity contribution < 1.29 is 18.7 Å². The van der Waals surface area contributed by atoms with Crippen LogP contribution in [0.4, 0.5) is 8.78 Å². The number of hydrogen-bond donors (Lipinski definition) is 2. The van der Waals surface area contributed by atoms with Crippen LogP contribution in [0.2, 0.25) is 0 Å². The number of benzene rings is 1. The fourth-order valence-corrected chi connectivity index (χ4v) is 1.98. The lowest BCUT2D eigenvalue weighted by atomic mass is 10.0. The zero-order chi connectivity index (χ0) is 13.2. The molecule has 0 aromatic heterocycles. The lowest BCUT2D eigenvalue weighted by Crippen LogP contribution is -2.30. The largest absolute Gasteiger partial charge is 0.396 e. The summed E-state index contributed by atoms with van der Waals surface area (Å²) in [7, 11) is 0. The Morgan fingerprint density at radius 2 is 1.89 bits per heavy atom. The van der Waals surface area contributed by atoms with Gasteiger partial charge in [0.15, 0.2) is 0 Å². The summed E-state index contributed by atoms with van der Waals surface area (Å²) in [6, 6.07) is 2.74. The smallest absolute Gasteiger partial charge is 0.251 e. The average Bonchev–Trinajstić information content (AvgIpc) is 3.06. The molecule has 1 aromatic rings. The molecule has 1 aliphatic carbocycles. The highest BCUT2D eigenvalue weighted by Crippen LogP contribution is 2.47. The van der Waals surface area contributed by atoms with Gasteiger partial charge >= 0.3 is 0 Å². The third-order valence-electron chi connectivity index (χ3n) is 3.35. The first-order valence-electron chi connectivity index (χ1n) is 5.90.